The minimum Gasteiger partial charge on any atom is -0.478 e. The zero-order valence-corrected chi connectivity index (χ0v) is 34.5. The van der Waals surface area contributed by atoms with Crippen LogP contribution in [0.3, 0.4) is 0 Å². The molecule has 63 heavy (non-hydrogen) atoms. The van der Waals surface area contributed by atoms with Gasteiger partial charge in [-0.1, -0.05) is 65.8 Å². The number of carbonyl (C=O) groups is 7. The number of aliphatic carboxylic acids is 1. The number of oxime groups is 1. The summed E-state index contributed by atoms with van der Waals surface area (Å²) >= 11 is 0.981. The molecule has 3 fully saturated rings. The van der Waals surface area contributed by atoms with Crippen LogP contribution in [0.25, 0.3) is 0 Å². The summed E-state index contributed by atoms with van der Waals surface area (Å²) in [5.74, 6) is -9.86. The zero-order valence-electron chi connectivity index (χ0n) is 33.7. The van der Waals surface area contributed by atoms with Gasteiger partial charge in [0.15, 0.2) is 28.1 Å². The first-order chi connectivity index (χ1) is 29.9. The van der Waals surface area contributed by atoms with Crippen molar-refractivity contribution in [1.29, 1.82) is 0 Å². The Kier molecular flexibility index (Phi) is 9.63. The average molecular weight is 880 g/mol. The lowest BCUT2D eigenvalue weighted by Crippen LogP contribution is -2.57. The molecule has 0 spiro atoms. The molecular weight excluding hydrogens is 843 g/mol. The molecule has 0 radical (unpaired) electrons. The van der Waals surface area contributed by atoms with Crippen LogP contribution in [0.2, 0.25) is 0 Å². The topological polar surface area (TPSA) is 253 Å². The number of fused-ring (bicyclic) bond motifs is 2. The largest absolute Gasteiger partial charge is 0.478 e. The van der Waals surface area contributed by atoms with E-state index in [4.69, 9.17) is 34.4 Å². The van der Waals surface area contributed by atoms with Crippen LogP contribution in [0.15, 0.2) is 83.3 Å². The first kappa shape index (κ1) is 41.2. The monoisotopic (exact) mass is 879 g/mol. The molecule has 3 amide bonds. The molecule has 1 unspecified atom stereocenters. The third-order valence-corrected chi connectivity index (χ3v) is 11.7. The maximum absolute atomic E-state index is 14.2. The molecule has 5 heterocycles. The summed E-state index contributed by atoms with van der Waals surface area (Å²) in [6, 6.07) is 19.1. The van der Waals surface area contributed by atoms with Crippen molar-refractivity contribution in [2.75, 3.05) is 12.3 Å². The lowest BCUT2D eigenvalue weighted by molar-refractivity contribution is -0.263. The average Bonchev–Trinajstić information content (AvgIpc) is 3.53. The van der Waals surface area contributed by atoms with E-state index < -0.39 is 101 Å². The second kappa shape index (κ2) is 14.7. The number of hydroxylamine groups is 2. The number of ether oxygens (including phenoxy) is 4. The van der Waals surface area contributed by atoms with Crippen LogP contribution in [0.1, 0.15) is 84.0 Å². The van der Waals surface area contributed by atoms with Crippen LogP contribution in [-0.4, -0.2) is 96.8 Å². The van der Waals surface area contributed by atoms with Gasteiger partial charge >= 0.3 is 29.4 Å². The number of anilines is 1. The number of imide groups is 1. The van der Waals surface area contributed by atoms with Crippen molar-refractivity contribution < 1.29 is 67.3 Å². The minimum atomic E-state index is -2.67. The molecule has 3 atom stereocenters. The molecule has 4 aromatic rings. The highest BCUT2D eigenvalue weighted by Gasteiger charge is 2.66. The number of nitrogens with two attached hydrogens (primary N) is 1. The third kappa shape index (κ3) is 6.90. The number of esters is 2. The fraction of sp³-hybridized carbons (Fsp3) is 0.326. The highest BCUT2D eigenvalue weighted by Crippen LogP contribution is 2.50. The lowest BCUT2D eigenvalue weighted by Gasteiger charge is -2.35. The summed E-state index contributed by atoms with van der Waals surface area (Å²) in [5, 5.41) is 15.4. The van der Waals surface area contributed by atoms with Crippen molar-refractivity contribution in [1.82, 2.24) is 14.9 Å². The Labute approximate surface area is 361 Å². The molecule has 1 aromatic heterocycles. The van der Waals surface area contributed by atoms with Gasteiger partial charge in [-0.3, -0.25) is 28.9 Å². The van der Waals surface area contributed by atoms with Gasteiger partial charge in [-0.15, -0.1) is 11.3 Å². The quantitative estimate of drug-likeness (QED) is 0.0890. The Morgan fingerprint density at radius 1 is 0.921 bits per heavy atom. The number of cyclic esters (lactones) is 1. The molecule has 20 heteroatoms. The van der Waals surface area contributed by atoms with E-state index in [1.807, 2.05) is 60.7 Å². The molecule has 5 aliphatic rings. The second-order valence-corrected chi connectivity index (χ2v) is 17.3. The van der Waals surface area contributed by atoms with Crippen molar-refractivity contribution in [3.05, 3.63) is 106 Å². The van der Waals surface area contributed by atoms with Gasteiger partial charge in [0.2, 0.25) is 5.60 Å². The van der Waals surface area contributed by atoms with Gasteiger partial charge < -0.3 is 34.6 Å². The number of rotatable bonds is 12. The number of benzene rings is 3. The predicted molar refractivity (Wildman–Crippen MR) is 215 cm³/mol. The van der Waals surface area contributed by atoms with E-state index in [2.05, 4.69) is 10.1 Å². The minimum absolute atomic E-state index is 0.0271. The van der Waals surface area contributed by atoms with Gasteiger partial charge in [0.05, 0.1) is 30.1 Å². The van der Waals surface area contributed by atoms with Crippen molar-refractivity contribution in [2.45, 2.75) is 75.2 Å². The Bertz CT molecular complexity index is 2570. The lowest BCUT2D eigenvalue weighted by atomic mass is 9.97. The van der Waals surface area contributed by atoms with Gasteiger partial charge in [0.25, 0.3) is 17.7 Å². The van der Waals surface area contributed by atoms with Crippen molar-refractivity contribution >= 4 is 63.6 Å². The molecule has 4 aliphatic heterocycles. The number of hydrogen-bond donors (Lipinski definition) is 2. The first-order valence-electron chi connectivity index (χ1n) is 19.7. The number of Topliss-reactive ketones (excluding diaryl/α,β-unsaturated/α-hetero) is 1. The summed E-state index contributed by atoms with van der Waals surface area (Å²) in [5.41, 5.74) is 0.909. The molecule has 3 N–H and O–H groups in total. The van der Waals surface area contributed by atoms with E-state index in [9.17, 15) is 38.7 Å². The summed E-state index contributed by atoms with van der Waals surface area (Å²) in [6.45, 7) is 4.09. The summed E-state index contributed by atoms with van der Waals surface area (Å²) in [7, 11) is 0. The van der Waals surface area contributed by atoms with Crippen molar-refractivity contribution in [3.8, 4) is 11.5 Å². The van der Waals surface area contributed by atoms with Crippen LogP contribution in [0.5, 0.6) is 11.5 Å². The van der Waals surface area contributed by atoms with Gasteiger partial charge in [-0.25, -0.2) is 19.4 Å². The fourth-order valence-electron chi connectivity index (χ4n) is 7.71. The normalized spacial score (nSPS) is 23.1. The number of ketones is 1. The molecule has 19 nitrogen and oxygen atoms in total. The molecule has 1 aliphatic carbocycles. The van der Waals surface area contributed by atoms with Crippen LogP contribution in [0, 0.1) is 5.92 Å². The van der Waals surface area contributed by atoms with Crippen LogP contribution < -0.4 is 15.2 Å². The number of carboxylic acid groups (broad SMARTS) is 1. The molecule has 1 saturated carbocycles. The predicted octanol–water partition coefficient (Wildman–Crippen LogP) is 3.73. The highest BCUT2D eigenvalue weighted by molar-refractivity contribution is 7.13. The van der Waals surface area contributed by atoms with Gasteiger partial charge in [0, 0.05) is 35.8 Å². The summed E-state index contributed by atoms with van der Waals surface area (Å²) < 4.78 is 24.3. The number of amides is 3. The Morgan fingerprint density at radius 2 is 1.51 bits per heavy atom. The molecule has 324 valence electrons. The van der Waals surface area contributed by atoms with E-state index >= 15 is 0 Å². The summed E-state index contributed by atoms with van der Waals surface area (Å²) in [6.07, 6.45) is -1.11. The zero-order chi connectivity index (χ0) is 44.6. The number of carbonyl (C=O) groups excluding carboxylic acids is 6. The molecule has 2 saturated heterocycles. The number of hydrogen-bond acceptors (Lipinski definition) is 17. The Morgan fingerprint density at radius 3 is 2.02 bits per heavy atom. The number of nitrogens with zero attached hydrogens (tertiary/aromatic N) is 4. The van der Waals surface area contributed by atoms with E-state index in [1.54, 1.807) is 0 Å². The molecule has 9 rings (SSSR count). The maximum Gasteiger partial charge on any atom is 0.375 e. The highest BCUT2D eigenvalue weighted by atomic mass is 32.1. The Hall–Kier alpha value is -7.19. The maximum atomic E-state index is 14.2. The summed E-state index contributed by atoms with van der Waals surface area (Å²) in [4.78, 5) is 112. The number of nitrogen functional groups attached to an aromatic ring is 1. The molecular formula is C43H37N5O14S. The number of thiazole rings is 1. The van der Waals surface area contributed by atoms with Crippen LogP contribution in [0.4, 0.5) is 5.13 Å². The Balaban J connectivity index is 0.981. The number of carboxylic acids is 1. The van der Waals surface area contributed by atoms with E-state index in [0.29, 0.717) is 21.1 Å². The second-order valence-electron chi connectivity index (χ2n) is 16.5. The smallest absolute Gasteiger partial charge is 0.375 e. The van der Waals surface area contributed by atoms with Crippen molar-refractivity contribution in [3.63, 3.8) is 0 Å². The van der Waals surface area contributed by atoms with Gasteiger partial charge in [0.1, 0.15) is 17.3 Å². The van der Waals surface area contributed by atoms with Gasteiger partial charge in [-0.2, -0.15) is 5.06 Å². The number of aromatic nitrogens is 1. The third-order valence-electron chi connectivity index (χ3n) is 11.0. The van der Waals surface area contributed by atoms with Crippen molar-refractivity contribution in [2.24, 2.45) is 11.1 Å². The molecule has 3 aromatic carbocycles. The van der Waals surface area contributed by atoms with Crippen LogP contribution >= 0.6 is 11.3 Å². The van der Waals surface area contributed by atoms with E-state index in [-0.39, 0.29) is 46.3 Å². The fourth-order valence-corrected chi connectivity index (χ4v) is 8.25. The van der Waals surface area contributed by atoms with Crippen LogP contribution in [-0.2, 0) is 48.9 Å². The van der Waals surface area contributed by atoms with E-state index in [1.165, 1.54) is 38.3 Å². The standard InChI is InChI=1S/C43H37N5O14S/c1-40(2,3)61-38(56)42(48-33(50)22(20-57-48)16-29(49)32(27-21-63-39(44)45-27)46-62-41(14-15-41)37(54)55)19-28(36(53)60-42)47-34(51)25-17-30-31(18-26(25)35(47)52)59-43(58-30,23-10-6-4-7-11-23)24-12-8-5-9-13-24/h4-13,17-18,21-22,28H,14-16,19-20H2,1-3H3,(H2,44,45)(H,54,55)/b46-32-/t22-,28-,42?/m0/s1. The van der Waals surface area contributed by atoms with Gasteiger partial charge in [-0.05, 0) is 32.9 Å². The first-order valence-corrected chi connectivity index (χ1v) is 20.6. The SMILES string of the molecule is CC(C)(C)OC(=O)C1(N2OC[C@H](CC(=O)/C(=N\OC3(C(=O)O)CC3)c3csc(N)n3)C2=O)C[C@H](N2C(=O)c3cc4c(cc3C2=O)OC(c2ccccc2)(c2ccccc2)O4)C(=O)O1. The van der Waals surface area contributed by atoms with E-state index in [0.717, 1.165) is 11.3 Å². The molecule has 0 bridgehead atoms.